The number of carbonyl (C=O) groups excluding carboxylic acids is 1. The van der Waals surface area contributed by atoms with E-state index in [9.17, 15) is 9.59 Å². The number of aromatic nitrogens is 2. The standard InChI is InChI=1S/C27H33N5O2/c1-30-15-17-31(18-16-30)19-24(20-7-3-2-4-8-20)29-26(33)14-13-25-28-23-10-6-5-9-22(23)27(34)32(25)21-11-12-21/h2-10,21,24H,11-19H2,1H3,(H,29,33). The Kier molecular flexibility index (Phi) is 6.74. The molecule has 3 aromatic rings. The lowest BCUT2D eigenvalue weighted by atomic mass is 10.1. The van der Waals surface area contributed by atoms with Crippen molar-refractivity contribution in [3.8, 4) is 0 Å². The average Bonchev–Trinajstić information content (AvgIpc) is 3.69. The minimum absolute atomic E-state index is 0.00673. The Bertz CT molecular complexity index is 1200. The van der Waals surface area contributed by atoms with E-state index in [1.54, 1.807) is 0 Å². The van der Waals surface area contributed by atoms with Crippen LogP contribution in [0.4, 0.5) is 0 Å². The summed E-state index contributed by atoms with van der Waals surface area (Å²) in [6.07, 6.45) is 2.77. The van der Waals surface area contributed by atoms with Gasteiger partial charge in [-0.2, -0.15) is 0 Å². The summed E-state index contributed by atoms with van der Waals surface area (Å²) in [5, 5.41) is 3.92. The van der Waals surface area contributed by atoms with E-state index in [4.69, 9.17) is 4.98 Å². The molecule has 0 bridgehead atoms. The maximum atomic E-state index is 13.1. The fourth-order valence-electron chi connectivity index (χ4n) is 4.78. The molecule has 1 aromatic heterocycles. The number of aryl methyl sites for hydroxylation is 1. The number of fused-ring (bicyclic) bond motifs is 1. The van der Waals surface area contributed by atoms with Gasteiger partial charge in [0, 0.05) is 51.6 Å². The summed E-state index contributed by atoms with van der Waals surface area (Å²) in [6, 6.07) is 17.8. The van der Waals surface area contributed by atoms with Crippen molar-refractivity contribution in [3.63, 3.8) is 0 Å². The molecule has 34 heavy (non-hydrogen) atoms. The van der Waals surface area contributed by atoms with Crippen LogP contribution >= 0.6 is 0 Å². The lowest BCUT2D eigenvalue weighted by molar-refractivity contribution is -0.122. The molecule has 1 unspecified atom stereocenters. The van der Waals surface area contributed by atoms with Gasteiger partial charge in [-0.3, -0.25) is 19.1 Å². The van der Waals surface area contributed by atoms with Crippen LogP contribution in [0.5, 0.6) is 0 Å². The van der Waals surface area contributed by atoms with Crippen molar-refractivity contribution in [1.82, 2.24) is 24.7 Å². The van der Waals surface area contributed by atoms with Crippen molar-refractivity contribution >= 4 is 16.8 Å². The summed E-state index contributed by atoms with van der Waals surface area (Å²) in [4.78, 5) is 35.7. The van der Waals surface area contributed by atoms with Gasteiger partial charge in [-0.05, 0) is 37.6 Å². The lowest BCUT2D eigenvalue weighted by Crippen LogP contribution is -2.47. The first-order valence-electron chi connectivity index (χ1n) is 12.3. The fraction of sp³-hybridized carbons (Fsp3) is 0.444. The van der Waals surface area contributed by atoms with Gasteiger partial charge in [0.1, 0.15) is 5.82 Å². The summed E-state index contributed by atoms with van der Waals surface area (Å²) in [5.41, 5.74) is 1.84. The molecule has 1 saturated heterocycles. The van der Waals surface area contributed by atoms with Gasteiger partial charge in [0.15, 0.2) is 0 Å². The van der Waals surface area contributed by atoms with E-state index in [2.05, 4.69) is 34.3 Å². The summed E-state index contributed by atoms with van der Waals surface area (Å²) in [7, 11) is 2.15. The molecule has 5 rings (SSSR count). The molecule has 1 N–H and O–H groups in total. The van der Waals surface area contributed by atoms with Crippen molar-refractivity contribution < 1.29 is 4.79 Å². The van der Waals surface area contributed by atoms with Crippen molar-refractivity contribution in [3.05, 3.63) is 76.3 Å². The predicted molar refractivity (Wildman–Crippen MR) is 134 cm³/mol. The highest BCUT2D eigenvalue weighted by molar-refractivity contribution is 5.78. The van der Waals surface area contributed by atoms with Crippen LogP contribution in [0, 0.1) is 0 Å². The molecule has 2 heterocycles. The van der Waals surface area contributed by atoms with Gasteiger partial charge < -0.3 is 10.2 Å². The van der Waals surface area contributed by atoms with Gasteiger partial charge >= 0.3 is 0 Å². The minimum atomic E-state index is -0.0627. The molecule has 1 aliphatic carbocycles. The topological polar surface area (TPSA) is 70.5 Å². The van der Waals surface area contributed by atoms with Gasteiger partial charge in [0.05, 0.1) is 16.9 Å². The van der Waals surface area contributed by atoms with Crippen LogP contribution in [0.2, 0.25) is 0 Å². The van der Waals surface area contributed by atoms with Crippen LogP contribution in [0.25, 0.3) is 10.9 Å². The Balaban J connectivity index is 1.30. The van der Waals surface area contributed by atoms with Crippen LogP contribution in [-0.2, 0) is 11.2 Å². The van der Waals surface area contributed by atoms with Crippen molar-refractivity contribution in [2.24, 2.45) is 0 Å². The fourth-order valence-corrected chi connectivity index (χ4v) is 4.78. The number of rotatable bonds is 8. The molecule has 7 heteroatoms. The molecule has 2 aliphatic rings. The smallest absolute Gasteiger partial charge is 0.261 e. The zero-order valence-corrected chi connectivity index (χ0v) is 19.8. The summed E-state index contributed by atoms with van der Waals surface area (Å²) in [5.74, 6) is 0.712. The number of piperazine rings is 1. The van der Waals surface area contributed by atoms with Gasteiger partial charge in [-0.1, -0.05) is 42.5 Å². The highest BCUT2D eigenvalue weighted by atomic mass is 16.1. The second kappa shape index (κ2) is 10.1. The molecule has 178 valence electrons. The number of hydrogen-bond donors (Lipinski definition) is 1. The van der Waals surface area contributed by atoms with Crippen LogP contribution < -0.4 is 10.9 Å². The molecular formula is C27H33N5O2. The highest BCUT2D eigenvalue weighted by Crippen LogP contribution is 2.35. The molecule has 1 amide bonds. The SMILES string of the molecule is CN1CCN(CC(NC(=O)CCc2nc3ccccc3c(=O)n2C2CC2)c2ccccc2)CC1. The quantitative estimate of drug-likeness (QED) is 0.561. The summed E-state index contributed by atoms with van der Waals surface area (Å²) >= 11 is 0. The second-order valence-corrected chi connectivity index (χ2v) is 9.59. The minimum Gasteiger partial charge on any atom is -0.348 e. The number of benzene rings is 2. The highest BCUT2D eigenvalue weighted by Gasteiger charge is 2.28. The predicted octanol–water partition coefficient (Wildman–Crippen LogP) is 2.77. The largest absolute Gasteiger partial charge is 0.348 e. The van der Waals surface area contributed by atoms with Crippen LogP contribution in [-0.4, -0.2) is 65.0 Å². The van der Waals surface area contributed by atoms with Gasteiger partial charge in [-0.25, -0.2) is 4.98 Å². The van der Waals surface area contributed by atoms with Gasteiger partial charge in [-0.15, -0.1) is 0 Å². The molecule has 2 aromatic carbocycles. The lowest BCUT2D eigenvalue weighted by Gasteiger charge is -2.35. The first-order valence-corrected chi connectivity index (χ1v) is 12.3. The van der Waals surface area contributed by atoms with E-state index in [1.807, 2.05) is 47.0 Å². The summed E-state index contributed by atoms with van der Waals surface area (Å²) in [6.45, 7) is 4.89. The van der Waals surface area contributed by atoms with Crippen LogP contribution in [0.15, 0.2) is 59.4 Å². The average molecular weight is 460 g/mol. The molecule has 1 atom stereocenters. The molecular weight excluding hydrogens is 426 g/mol. The number of para-hydroxylation sites is 1. The Morgan fingerprint density at radius 3 is 2.47 bits per heavy atom. The zero-order valence-electron chi connectivity index (χ0n) is 19.8. The molecule has 7 nitrogen and oxygen atoms in total. The van der Waals surface area contributed by atoms with Crippen LogP contribution in [0.3, 0.4) is 0 Å². The third-order valence-corrected chi connectivity index (χ3v) is 6.94. The number of hydrogen-bond acceptors (Lipinski definition) is 5. The molecule has 1 aliphatic heterocycles. The number of likely N-dealkylation sites (N-methyl/N-ethyl adjacent to an activating group) is 1. The Hall–Kier alpha value is -3.03. The number of amides is 1. The number of carbonyl (C=O) groups is 1. The van der Waals surface area contributed by atoms with Crippen molar-refractivity contribution in [1.29, 1.82) is 0 Å². The van der Waals surface area contributed by atoms with Crippen LogP contribution in [0.1, 0.15) is 42.7 Å². The second-order valence-electron chi connectivity index (χ2n) is 9.59. The number of nitrogens with one attached hydrogen (secondary N) is 1. The molecule has 1 saturated carbocycles. The van der Waals surface area contributed by atoms with Crippen molar-refractivity contribution in [2.75, 3.05) is 39.8 Å². The first-order chi connectivity index (χ1) is 16.6. The monoisotopic (exact) mass is 459 g/mol. The third-order valence-electron chi connectivity index (χ3n) is 6.94. The van der Waals surface area contributed by atoms with E-state index in [-0.39, 0.29) is 23.6 Å². The normalized spacial score (nSPS) is 18.1. The van der Waals surface area contributed by atoms with E-state index in [0.717, 1.165) is 57.0 Å². The van der Waals surface area contributed by atoms with E-state index in [1.165, 1.54) is 0 Å². The van der Waals surface area contributed by atoms with E-state index in [0.29, 0.717) is 23.7 Å². The van der Waals surface area contributed by atoms with Gasteiger partial charge in [0.25, 0.3) is 5.56 Å². The Labute approximate surface area is 200 Å². The Morgan fingerprint density at radius 1 is 1.03 bits per heavy atom. The molecule has 0 radical (unpaired) electrons. The first kappa shape index (κ1) is 22.7. The van der Waals surface area contributed by atoms with E-state index >= 15 is 0 Å². The van der Waals surface area contributed by atoms with Gasteiger partial charge in [0.2, 0.25) is 5.91 Å². The maximum absolute atomic E-state index is 13.1. The summed E-state index contributed by atoms with van der Waals surface area (Å²) < 4.78 is 1.83. The third kappa shape index (κ3) is 5.21. The molecule has 2 fully saturated rings. The molecule has 0 spiro atoms. The maximum Gasteiger partial charge on any atom is 0.261 e. The zero-order chi connectivity index (χ0) is 23.5. The number of nitrogens with zero attached hydrogens (tertiary/aromatic N) is 4. The van der Waals surface area contributed by atoms with Crippen molar-refractivity contribution in [2.45, 2.75) is 37.8 Å². The van der Waals surface area contributed by atoms with E-state index < -0.39 is 0 Å². The Morgan fingerprint density at radius 2 is 1.74 bits per heavy atom.